The number of carbonyl (C=O) groups excluding carboxylic acids is 3. The maximum atomic E-state index is 12.4. The van der Waals surface area contributed by atoms with Gasteiger partial charge in [0, 0.05) is 32.5 Å². The molecule has 3 rings (SSSR count). The Morgan fingerprint density at radius 3 is 2.64 bits per heavy atom. The SMILES string of the molecule is CC(=O)OC[C@@]12CC(=O)[C@@H]([C@H](n3ccc(=O)[nH]c3=O)O1)[C@@H]2OC(C)=O. The largest absolute Gasteiger partial charge is 0.463 e. The summed E-state index contributed by atoms with van der Waals surface area (Å²) in [6, 6.07) is 1.11. The van der Waals surface area contributed by atoms with E-state index < -0.39 is 47.0 Å². The average Bonchev–Trinajstić information content (AvgIpc) is 2.93. The van der Waals surface area contributed by atoms with Crippen molar-refractivity contribution in [3.8, 4) is 0 Å². The van der Waals surface area contributed by atoms with Crippen molar-refractivity contribution in [1.82, 2.24) is 9.55 Å². The van der Waals surface area contributed by atoms with Gasteiger partial charge >= 0.3 is 17.6 Å². The summed E-state index contributed by atoms with van der Waals surface area (Å²) in [7, 11) is 0. The fraction of sp³-hybridized carbons (Fsp3) is 0.533. The number of esters is 2. The molecule has 0 spiro atoms. The molecule has 2 fully saturated rings. The number of H-pyrrole nitrogens is 1. The number of rotatable bonds is 4. The van der Waals surface area contributed by atoms with Crippen molar-refractivity contribution in [3.63, 3.8) is 0 Å². The summed E-state index contributed by atoms with van der Waals surface area (Å²) in [5, 5.41) is 0. The number of aromatic amines is 1. The van der Waals surface area contributed by atoms with Crippen LogP contribution in [0, 0.1) is 5.92 Å². The first kappa shape index (κ1) is 17.1. The molecule has 0 amide bonds. The number of nitrogens with zero attached hydrogens (tertiary/aromatic N) is 1. The predicted octanol–water partition coefficient (Wildman–Crippen LogP) is -1.11. The van der Waals surface area contributed by atoms with Gasteiger partial charge in [-0.25, -0.2) is 4.79 Å². The lowest BCUT2D eigenvalue weighted by atomic mass is 10.00. The third kappa shape index (κ3) is 2.88. The molecule has 0 aromatic carbocycles. The van der Waals surface area contributed by atoms with E-state index >= 15 is 0 Å². The van der Waals surface area contributed by atoms with Crippen molar-refractivity contribution < 1.29 is 28.6 Å². The van der Waals surface area contributed by atoms with E-state index in [0.717, 1.165) is 10.6 Å². The molecule has 1 aromatic heterocycles. The summed E-state index contributed by atoms with van der Waals surface area (Å²) in [5.41, 5.74) is -2.72. The van der Waals surface area contributed by atoms with Crippen LogP contribution in [0.3, 0.4) is 0 Å². The fourth-order valence-corrected chi connectivity index (χ4v) is 3.35. The molecular weight excluding hydrogens is 336 g/mol. The Hall–Kier alpha value is -2.75. The Labute approximate surface area is 140 Å². The van der Waals surface area contributed by atoms with Crippen molar-refractivity contribution in [2.24, 2.45) is 5.92 Å². The zero-order valence-electron chi connectivity index (χ0n) is 13.5. The van der Waals surface area contributed by atoms with Crippen LogP contribution in [0.4, 0.5) is 0 Å². The molecule has 1 aromatic rings. The molecule has 4 atom stereocenters. The monoisotopic (exact) mass is 352 g/mol. The normalized spacial score (nSPS) is 30.3. The lowest BCUT2D eigenvalue weighted by Crippen LogP contribution is -2.45. The van der Waals surface area contributed by atoms with Gasteiger partial charge in [0.05, 0.1) is 0 Å². The van der Waals surface area contributed by atoms with Crippen molar-refractivity contribution >= 4 is 17.7 Å². The van der Waals surface area contributed by atoms with Gasteiger partial charge in [-0.05, 0) is 0 Å². The lowest BCUT2D eigenvalue weighted by molar-refractivity contribution is -0.179. The minimum absolute atomic E-state index is 0.114. The highest BCUT2D eigenvalue weighted by Gasteiger charge is 2.67. The van der Waals surface area contributed by atoms with Gasteiger partial charge in [0.1, 0.15) is 30.0 Å². The van der Waals surface area contributed by atoms with Gasteiger partial charge in [0.15, 0.2) is 6.23 Å². The zero-order valence-corrected chi connectivity index (χ0v) is 13.5. The summed E-state index contributed by atoms with van der Waals surface area (Å²) in [5.74, 6) is -2.44. The van der Waals surface area contributed by atoms with Crippen LogP contribution in [0.5, 0.6) is 0 Å². The molecule has 2 heterocycles. The second kappa shape index (κ2) is 5.96. The maximum absolute atomic E-state index is 12.4. The summed E-state index contributed by atoms with van der Waals surface area (Å²) in [4.78, 5) is 60.4. The highest BCUT2D eigenvalue weighted by Crippen LogP contribution is 2.52. The van der Waals surface area contributed by atoms with Crippen LogP contribution in [0.25, 0.3) is 0 Å². The second-order valence-electron chi connectivity index (χ2n) is 6.07. The molecule has 1 N–H and O–H groups in total. The van der Waals surface area contributed by atoms with Crippen LogP contribution in [0.1, 0.15) is 26.5 Å². The van der Waals surface area contributed by atoms with Crippen LogP contribution in [-0.2, 0) is 28.6 Å². The van der Waals surface area contributed by atoms with E-state index in [1.54, 1.807) is 0 Å². The smallest absolute Gasteiger partial charge is 0.330 e. The van der Waals surface area contributed by atoms with Crippen molar-refractivity contribution in [1.29, 1.82) is 0 Å². The Bertz CT molecular complexity index is 856. The number of hydrogen-bond donors (Lipinski definition) is 1. The van der Waals surface area contributed by atoms with Crippen molar-refractivity contribution in [2.45, 2.75) is 38.2 Å². The van der Waals surface area contributed by atoms with E-state index in [1.165, 1.54) is 20.0 Å². The first-order valence-corrected chi connectivity index (χ1v) is 7.56. The van der Waals surface area contributed by atoms with Gasteiger partial charge in [-0.3, -0.25) is 28.7 Å². The Kier molecular flexibility index (Phi) is 4.07. The topological polar surface area (TPSA) is 134 Å². The van der Waals surface area contributed by atoms with E-state index in [-0.39, 0.29) is 18.8 Å². The Morgan fingerprint density at radius 2 is 2.04 bits per heavy atom. The molecule has 134 valence electrons. The van der Waals surface area contributed by atoms with Crippen LogP contribution in [-0.4, -0.2) is 45.6 Å². The van der Waals surface area contributed by atoms with Crippen LogP contribution < -0.4 is 11.2 Å². The molecule has 1 saturated carbocycles. The highest BCUT2D eigenvalue weighted by atomic mass is 16.6. The van der Waals surface area contributed by atoms with Gasteiger partial charge in [-0.2, -0.15) is 0 Å². The van der Waals surface area contributed by atoms with E-state index in [2.05, 4.69) is 4.98 Å². The molecule has 2 aliphatic rings. The predicted molar refractivity (Wildman–Crippen MR) is 79.5 cm³/mol. The molecule has 10 heteroatoms. The first-order chi connectivity index (χ1) is 11.7. The van der Waals surface area contributed by atoms with E-state index in [0.29, 0.717) is 0 Å². The minimum atomic E-state index is -1.36. The molecule has 2 bridgehead atoms. The van der Waals surface area contributed by atoms with Gasteiger partial charge in [-0.15, -0.1) is 0 Å². The molecule has 10 nitrogen and oxygen atoms in total. The van der Waals surface area contributed by atoms with E-state index in [4.69, 9.17) is 14.2 Å². The van der Waals surface area contributed by atoms with Gasteiger partial charge in [0.2, 0.25) is 0 Å². The Morgan fingerprint density at radius 1 is 1.32 bits per heavy atom. The standard InChI is InChI=1S/C15H16N2O8/c1-7(18)23-6-15-5-9(20)11(12(15)24-8(2)19)13(25-15)17-4-3-10(21)16-14(17)22/h3-4,11-13H,5-6H2,1-2H3,(H,16,21,22)/t11-,12+,13-,15-/m1/s1. The molecule has 0 radical (unpaired) electrons. The summed E-state index contributed by atoms with van der Waals surface area (Å²) in [6.45, 7) is 2.09. The molecule has 1 aliphatic carbocycles. The van der Waals surface area contributed by atoms with E-state index in [9.17, 15) is 24.0 Å². The van der Waals surface area contributed by atoms with Crippen molar-refractivity contribution in [2.75, 3.05) is 6.61 Å². The van der Waals surface area contributed by atoms with Crippen LogP contribution >= 0.6 is 0 Å². The van der Waals surface area contributed by atoms with Gasteiger partial charge < -0.3 is 14.2 Å². The molecule has 1 aliphatic heterocycles. The van der Waals surface area contributed by atoms with Crippen LogP contribution in [0.15, 0.2) is 21.9 Å². The molecule has 1 saturated heterocycles. The minimum Gasteiger partial charge on any atom is -0.463 e. The highest BCUT2D eigenvalue weighted by molar-refractivity contribution is 5.88. The maximum Gasteiger partial charge on any atom is 0.330 e. The van der Waals surface area contributed by atoms with Crippen LogP contribution in [0.2, 0.25) is 0 Å². The van der Waals surface area contributed by atoms with Gasteiger partial charge in [0.25, 0.3) is 5.56 Å². The number of Topliss-reactive ketones (excluding diaryl/α,β-unsaturated/α-hetero) is 1. The van der Waals surface area contributed by atoms with E-state index in [1.807, 2.05) is 0 Å². The molecular formula is C15H16N2O8. The summed E-state index contributed by atoms with van der Waals surface area (Å²) in [6.07, 6.45) is -0.993. The third-order valence-electron chi connectivity index (χ3n) is 4.29. The number of ketones is 1. The van der Waals surface area contributed by atoms with Crippen molar-refractivity contribution in [3.05, 3.63) is 33.1 Å². The first-order valence-electron chi connectivity index (χ1n) is 7.56. The fourth-order valence-electron chi connectivity index (χ4n) is 3.35. The second-order valence-corrected chi connectivity index (χ2v) is 6.07. The summed E-state index contributed by atoms with van der Waals surface area (Å²) >= 11 is 0. The number of aromatic nitrogens is 2. The Balaban J connectivity index is 2.02. The molecule has 0 unspecified atom stereocenters. The number of fused-ring (bicyclic) bond motifs is 2. The summed E-state index contributed by atoms with van der Waals surface area (Å²) < 4.78 is 17.1. The number of nitrogens with one attached hydrogen (secondary N) is 1. The number of ether oxygens (including phenoxy) is 3. The quantitative estimate of drug-likeness (QED) is 0.674. The zero-order chi connectivity index (χ0) is 18.4. The number of carbonyl (C=O) groups is 3. The molecule has 25 heavy (non-hydrogen) atoms. The average molecular weight is 352 g/mol. The third-order valence-corrected chi connectivity index (χ3v) is 4.29. The lowest BCUT2D eigenvalue weighted by Gasteiger charge is -2.30. The number of hydrogen-bond acceptors (Lipinski definition) is 8. The van der Waals surface area contributed by atoms with Gasteiger partial charge in [-0.1, -0.05) is 0 Å².